The Morgan fingerprint density at radius 3 is 2.93 bits per heavy atom. The minimum absolute atomic E-state index is 0.463. The third kappa shape index (κ3) is 3.67. The normalized spacial score (nSPS) is 13.0. The van der Waals surface area contributed by atoms with Gasteiger partial charge in [0.25, 0.3) is 0 Å². The first-order valence-electron chi connectivity index (χ1n) is 5.89. The summed E-state index contributed by atoms with van der Waals surface area (Å²) in [6.45, 7) is 8.07. The van der Waals surface area contributed by atoms with Crippen molar-refractivity contribution < 1.29 is 4.74 Å². The fraction of sp³-hybridized carbons (Fsp3) is 0.750. The molecule has 3 heteroatoms. The third-order valence-corrected chi connectivity index (χ3v) is 2.65. The largest absolute Gasteiger partial charge is 0.375 e. The highest BCUT2D eigenvalue weighted by atomic mass is 16.5. The SMILES string of the molecule is CCCCOCc1ccnn1C(C)CC. The van der Waals surface area contributed by atoms with Crippen LogP contribution in [0, 0.1) is 0 Å². The van der Waals surface area contributed by atoms with Crippen molar-refractivity contribution in [1.29, 1.82) is 0 Å². The average Bonchev–Trinajstić information content (AvgIpc) is 2.71. The Bertz CT molecular complexity index is 270. The number of ether oxygens (including phenoxy) is 1. The van der Waals surface area contributed by atoms with Gasteiger partial charge in [-0.15, -0.1) is 0 Å². The van der Waals surface area contributed by atoms with Gasteiger partial charge in [-0.3, -0.25) is 4.68 Å². The van der Waals surface area contributed by atoms with Crippen LogP contribution in [0.2, 0.25) is 0 Å². The molecule has 1 rings (SSSR count). The van der Waals surface area contributed by atoms with Gasteiger partial charge in [-0.1, -0.05) is 20.3 Å². The van der Waals surface area contributed by atoms with E-state index in [0.29, 0.717) is 12.6 Å². The van der Waals surface area contributed by atoms with Gasteiger partial charge in [-0.25, -0.2) is 0 Å². The minimum Gasteiger partial charge on any atom is -0.375 e. The molecule has 0 saturated carbocycles. The molecule has 1 atom stereocenters. The van der Waals surface area contributed by atoms with Crippen LogP contribution < -0.4 is 0 Å². The van der Waals surface area contributed by atoms with Crippen molar-refractivity contribution in [2.45, 2.75) is 52.7 Å². The molecule has 1 aromatic rings. The number of nitrogens with zero attached hydrogens (tertiary/aromatic N) is 2. The number of unbranched alkanes of at least 4 members (excludes halogenated alkanes) is 1. The summed E-state index contributed by atoms with van der Waals surface area (Å²) in [4.78, 5) is 0. The smallest absolute Gasteiger partial charge is 0.0884 e. The topological polar surface area (TPSA) is 27.1 Å². The zero-order valence-electron chi connectivity index (χ0n) is 10.1. The van der Waals surface area contributed by atoms with Crippen LogP contribution in [0.4, 0.5) is 0 Å². The predicted octanol–water partition coefficient (Wildman–Crippen LogP) is 3.17. The average molecular weight is 210 g/mol. The molecule has 0 radical (unpaired) electrons. The van der Waals surface area contributed by atoms with Gasteiger partial charge in [-0.2, -0.15) is 5.10 Å². The van der Waals surface area contributed by atoms with E-state index in [-0.39, 0.29) is 0 Å². The van der Waals surface area contributed by atoms with Gasteiger partial charge in [0.1, 0.15) is 0 Å². The molecule has 0 saturated heterocycles. The zero-order valence-corrected chi connectivity index (χ0v) is 10.1. The summed E-state index contributed by atoms with van der Waals surface area (Å²) in [5.41, 5.74) is 1.18. The van der Waals surface area contributed by atoms with E-state index in [1.165, 1.54) is 12.1 Å². The predicted molar refractivity (Wildman–Crippen MR) is 61.8 cm³/mol. The molecule has 0 aliphatic heterocycles. The first kappa shape index (κ1) is 12.2. The van der Waals surface area contributed by atoms with Crippen LogP contribution in [-0.2, 0) is 11.3 Å². The standard InChI is InChI=1S/C12H22N2O/c1-4-6-9-15-10-12-7-8-13-14(12)11(3)5-2/h7-8,11H,4-6,9-10H2,1-3H3. The molecule has 1 aromatic heterocycles. The summed E-state index contributed by atoms with van der Waals surface area (Å²) in [5.74, 6) is 0. The first-order valence-corrected chi connectivity index (χ1v) is 5.89. The van der Waals surface area contributed by atoms with Crippen LogP contribution in [0.15, 0.2) is 12.3 Å². The summed E-state index contributed by atoms with van der Waals surface area (Å²) >= 11 is 0. The Morgan fingerprint density at radius 1 is 1.47 bits per heavy atom. The maximum Gasteiger partial charge on any atom is 0.0884 e. The van der Waals surface area contributed by atoms with Crippen molar-refractivity contribution in [2.75, 3.05) is 6.61 Å². The summed E-state index contributed by atoms with van der Waals surface area (Å²) in [6, 6.07) is 2.50. The number of hydrogen-bond acceptors (Lipinski definition) is 2. The second kappa shape index (κ2) is 6.62. The molecule has 0 aliphatic carbocycles. The fourth-order valence-corrected chi connectivity index (χ4v) is 1.45. The maximum atomic E-state index is 5.59. The van der Waals surface area contributed by atoms with Crippen LogP contribution in [-0.4, -0.2) is 16.4 Å². The van der Waals surface area contributed by atoms with Crippen molar-refractivity contribution in [3.8, 4) is 0 Å². The lowest BCUT2D eigenvalue weighted by Crippen LogP contribution is -2.10. The van der Waals surface area contributed by atoms with Crippen LogP contribution in [0.25, 0.3) is 0 Å². The van der Waals surface area contributed by atoms with Gasteiger partial charge < -0.3 is 4.74 Å². The molecule has 0 aromatic carbocycles. The van der Waals surface area contributed by atoms with E-state index in [1.54, 1.807) is 0 Å². The minimum atomic E-state index is 0.463. The lowest BCUT2D eigenvalue weighted by atomic mass is 10.2. The summed E-state index contributed by atoms with van der Waals surface area (Å²) in [5, 5.41) is 4.32. The van der Waals surface area contributed by atoms with Crippen LogP contribution in [0.5, 0.6) is 0 Å². The number of hydrogen-bond donors (Lipinski definition) is 0. The molecule has 0 spiro atoms. The second-order valence-corrected chi connectivity index (χ2v) is 3.93. The molecule has 3 nitrogen and oxygen atoms in total. The summed E-state index contributed by atoms with van der Waals surface area (Å²) < 4.78 is 7.65. The Labute approximate surface area is 92.4 Å². The lowest BCUT2D eigenvalue weighted by Gasteiger charge is -2.13. The van der Waals surface area contributed by atoms with Crippen LogP contribution in [0.3, 0.4) is 0 Å². The van der Waals surface area contributed by atoms with Gasteiger partial charge in [0.15, 0.2) is 0 Å². The van der Waals surface area contributed by atoms with E-state index in [0.717, 1.165) is 19.4 Å². The Hall–Kier alpha value is -0.830. The fourth-order valence-electron chi connectivity index (χ4n) is 1.45. The van der Waals surface area contributed by atoms with Gasteiger partial charge in [0.2, 0.25) is 0 Å². The Balaban J connectivity index is 2.43. The number of aromatic nitrogens is 2. The van der Waals surface area contributed by atoms with E-state index < -0.39 is 0 Å². The van der Waals surface area contributed by atoms with Crippen molar-refractivity contribution in [3.63, 3.8) is 0 Å². The van der Waals surface area contributed by atoms with E-state index in [1.807, 2.05) is 12.3 Å². The van der Waals surface area contributed by atoms with Gasteiger partial charge in [-0.05, 0) is 25.8 Å². The molecule has 0 N–H and O–H groups in total. The van der Waals surface area contributed by atoms with Crippen molar-refractivity contribution >= 4 is 0 Å². The highest BCUT2D eigenvalue weighted by Gasteiger charge is 2.07. The van der Waals surface area contributed by atoms with E-state index in [9.17, 15) is 0 Å². The van der Waals surface area contributed by atoms with E-state index in [2.05, 4.69) is 30.6 Å². The highest BCUT2D eigenvalue weighted by Crippen LogP contribution is 2.12. The summed E-state index contributed by atoms with van der Waals surface area (Å²) in [6.07, 6.45) is 5.27. The maximum absolute atomic E-state index is 5.59. The molecular formula is C12H22N2O. The Morgan fingerprint density at radius 2 is 2.27 bits per heavy atom. The third-order valence-electron chi connectivity index (χ3n) is 2.65. The van der Waals surface area contributed by atoms with E-state index >= 15 is 0 Å². The highest BCUT2D eigenvalue weighted by molar-refractivity contribution is 5.00. The van der Waals surface area contributed by atoms with E-state index in [4.69, 9.17) is 4.74 Å². The molecular weight excluding hydrogens is 188 g/mol. The molecule has 0 fully saturated rings. The van der Waals surface area contributed by atoms with Crippen molar-refractivity contribution in [2.24, 2.45) is 0 Å². The molecule has 0 bridgehead atoms. The van der Waals surface area contributed by atoms with Crippen molar-refractivity contribution in [1.82, 2.24) is 9.78 Å². The first-order chi connectivity index (χ1) is 7.29. The quantitative estimate of drug-likeness (QED) is 0.646. The summed E-state index contributed by atoms with van der Waals surface area (Å²) in [7, 11) is 0. The zero-order chi connectivity index (χ0) is 11.1. The number of rotatable bonds is 7. The van der Waals surface area contributed by atoms with Gasteiger partial charge >= 0.3 is 0 Å². The van der Waals surface area contributed by atoms with Crippen LogP contribution in [0.1, 0.15) is 51.8 Å². The Kier molecular flexibility index (Phi) is 5.40. The molecule has 15 heavy (non-hydrogen) atoms. The lowest BCUT2D eigenvalue weighted by molar-refractivity contribution is 0.111. The molecule has 86 valence electrons. The van der Waals surface area contributed by atoms with Crippen molar-refractivity contribution in [3.05, 3.63) is 18.0 Å². The van der Waals surface area contributed by atoms with Gasteiger partial charge in [0, 0.05) is 18.8 Å². The molecule has 0 amide bonds. The monoisotopic (exact) mass is 210 g/mol. The van der Waals surface area contributed by atoms with Crippen LogP contribution >= 0.6 is 0 Å². The molecule has 1 unspecified atom stereocenters. The second-order valence-electron chi connectivity index (χ2n) is 3.93. The van der Waals surface area contributed by atoms with Gasteiger partial charge in [0.05, 0.1) is 12.3 Å². The molecule has 1 heterocycles. The molecule has 0 aliphatic rings.